The van der Waals surface area contributed by atoms with Crippen LogP contribution in [0.5, 0.6) is 0 Å². The van der Waals surface area contributed by atoms with E-state index in [1.165, 1.54) is 0 Å². The van der Waals surface area contributed by atoms with E-state index in [1.54, 1.807) is 0 Å². The molecule has 0 amide bonds. The van der Waals surface area contributed by atoms with Gasteiger partial charge in [0.05, 0.1) is 0 Å². The Bertz CT molecular complexity index is 263. The van der Waals surface area contributed by atoms with E-state index in [0.29, 0.717) is 0 Å². The Balaban J connectivity index is 1.71. The number of ether oxygens (including phenoxy) is 1. The Hall–Kier alpha value is -0.220. The Morgan fingerprint density at radius 1 is 1.50 bits per heavy atom. The van der Waals surface area contributed by atoms with Gasteiger partial charge in [-0.25, -0.2) is 0 Å². The molecule has 0 aromatic heterocycles. The van der Waals surface area contributed by atoms with Crippen molar-refractivity contribution in [1.29, 1.82) is 0 Å². The van der Waals surface area contributed by atoms with Gasteiger partial charge in [-0.2, -0.15) is 0 Å². The van der Waals surface area contributed by atoms with Gasteiger partial charge in [0, 0.05) is 0 Å². The van der Waals surface area contributed by atoms with Gasteiger partial charge in [0.2, 0.25) is 0 Å². The van der Waals surface area contributed by atoms with E-state index in [4.69, 9.17) is 4.74 Å². The van der Waals surface area contributed by atoms with Crippen molar-refractivity contribution in [3.8, 4) is 0 Å². The summed E-state index contributed by atoms with van der Waals surface area (Å²) in [7, 11) is 0. The van der Waals surface area contributed by atoms with Crippen LogP contribution in [-0.4, -0.2) is 56.4 Å². The molecule has 0 N–H and O–H groups in total. The zero-order valence-corrected chi connectivity index (χ0v) is 11.8. The molecule has 2 heterocycles. The summed E-state index contributed by atoms with van der Waals surface area (Å²) in [5.74, 6) is 0. The molecule has 0 aromatic carbocycles. The molecule has 0 spiro atoms. The van der Waals surface area contributed by atoms with Crippen LogP contribution in [0.3, 0.4) is 0 Å². The first-order valence-corrected chi connectivity index (χ1v) is 11.2. The average Bonchev–Trinajstić information content (AvgIpc) is 2.87. The van der Waals surface area contributed by atoms with Crippen molar-refractivity contribution in [2.45, 2.75) is 13.2 Å². The van der Waals surface area contributed by atoms with Crippen LogP contribution in [-0.2, 0) is 4.74 Å². The van der Waals surface area contributed by atoms with Crippen molar-refractivity contribution in [3.05, 3.63) is 19.8 Å². The van der Waals surface area contributed by atoms with E-state index < -0.39 is 21.4 Å². The SMILES string of the molecule is CC(O[CH2][In]1[CH]=CC=[CH]1)N1C=NCC1. The quantitative estimate of drug-likeness (QED) is 0.770. The Morgan fingerprint density at radius 3 is 2.93 bits per heavy atom. The molecule has 0 aliphatic carbocycles. The number of hydrogen-bond acceptors (Lipinski definition) is 3. The molecule has 1 unspecified atom stereocenters. The molecule has 3 nitrogen and oxygen atoms in total. The van der Waals surface area contributed by atoms with Gasteiger partial charge >= 0.3 is 92.8 Å². The van der Waals surface area contributed by atoms with Gasteiger partial charge in [0.1, 0.15) is 0 Å². The van der Waals surface area contributed by atoms with Crippen molar-refractivity contribution < 1.29 is 4.74 Å². The fourth-order valence-corrected chi connectivity index (χ4v) is 6.40. The Morgan fingerprint density at radius 2 is 2.29 bits per heavy atom. The fourth-order valence-electron chi connectivity index (χ4n) is 1.60. The molecule has 74 valence electrons. The maximum absolute atomic E-state index is 5.84. The monoisotopic (exact) mass is 294 g/mol. The first-order chi connectivity index (χ1) is 6.86. The number of rotatable bonds is 4. The molecule has 2 rings (SSSR count). The summed E-state index contributed by atoms with van der Waals surface area (Å²) in [6.07, 6.45) is 6.42. The van der Waals surface area contributed by atoms with E-state index in [0.717, 1.165) is 17.5 Å². The van der Waals surface area contributed by atoms with Gasteiger partial charge in [0.15, 0.2) is 0 Å². The van der Waals surface area contributed by atoms with Crippen molar-refractivity contribution >= 4 is 27.8 Å². The summed E-state index contributed by atoms with van der Waals surface area (Å²) >= 11 is -1.50. The number of allylic oxidation sites excluding steroid dienone is 2. The van der Waals surface area contributed by atoms with E-state index in [1.807, 2.05) is 6.34 Å². The van der Waals surface area contributed by atoms with Crippen LogP contribution in [0, 0.1) is 0 Å². The average molecular weight is 294 g/mol. The molecular formula is C10H15InN2O. The summed E-state index contributed by atoms with van der Waals surface area (Å²) in [5, 5.41) is 0. The van der Waals surface area contributed by atoms with Crippen molar-refractivity contribution in [2.24, 2.45) is 4.99 Å². The summed E-state index contributed by atoms with van der Waals surface area (Å²) in [6.45, 7) is 4.03. The minimum absolute atomic E-state index is 0.195. The summed E-state index contributed by atoms with van der Waals surface area (Å²) < 4.78 is 11.5. The van der Waals surface area contributed by atoms with Gasteiger partial charge < -0.3 is 0 Å². The van der Waals surface area contributed by atoms with E-state index in [2.05, 4.69) is 36.6 Å². The number of aliphatic imine (C=N–C) groups is 1. The van der Waals surface area contributed by atoms with Crippen LogP contribution in [0.1, 0.15) is 6.92 Å². The van der Waals surface area contributed by atoms with Gasteiger partial charge in [-0.15, -0.1) is 0 Å². The van der Waals surface area contributed by atoms with Crippen molar-refractivity contribution in [3.63, 3.8) is 0 Å². The fraction of sp³-hybridized carbons (Fsp3) is 0.500. The van der Waals surface area contributed by atoms with E-state index in [-0.39, 0.29) is 6.23 Å². The van der Waals surface area contributed by atoms with Crippen LogP contribution in [0.15, 0.2) is 24.8 Å². The molecule has 0 saturated carbocycles. The Labute approximate surface area is 92.7 Å². The molecular weight excluding hydrogens is 279 g/mol. The molecule has 0 bridgehead atoms. The predicted octanol–water partition coefficient (Wildman–Crippen LogP) is 0.931. The Kier molecular flexibility index (Phi) is 3.70. The second kappa shape index (κ2) is 5.03. The first-order valence-electron chi connectivity index (χ1n) is 5.08. The van der Waals surface area contributed by atoms with Crippen molar-refractivity contribution in [2.75, 3.05) is 17.5 Å². The third-order valence-electron chi connectivity index (χ3n) is 2.54. The first kappa shape index (κ1) is 10.3. The molecule has 0 radical (unpaired) electrons. The van der Waals surface area contributed by atoms with Gasteiger partial charge in [-0.1, -0.05) is 0 Å². The summed E-state index contributed by atoms with van der Waals surface area (Å²) in [4.78, 5) is 6.34. The van der Waals surface area contributed by atoms with Crippen LogP contribution in [0.2, 0.25) is 0 Å². The predicted molar refractivity (Wildman–Crippen MR) is 59.5 cm³/mol. The normalized spacial score (nSPS) is 21.2. The zero-order chi connectivity index (χ0) is 9.80. The second-order valence-corrected chi connectivity index (χ2v) is 10.6. The van der Waals surface area contributed by atoms with Gasteiger partial charge in [0.25, 0.3) is 0 Å². The second-order valence-electron chi connectivity index (χ2n) is 3.63. The van der Waals surface area contributed by atoms with Gasteiger partial charge in [-0.3, -0.25) is 0 Å². The number of hydrogen-bond donors (Lipinski definition) is 0. The number of nitrogens with zero attached hydrogens (tertiary/aromatic N) is 2. The maximum atomic E-state index is 5.84. The minimum atomic E-state index is -1.50. The third kappa shape index (κ3) is 2.64. The third-order valence-corrected chi connectivity index (χ3v) is 8.28. The van der Waals surface area contributed by atoms with Crippen LogP contribution in [0.25, 0.3) is 0 Å². The summed E-state index contributed by atoms with van der Waals surface area (Å²) in [6, 6.07) is 0. The molecule has 0 fully saturated rings. The van der Waals surface area contributed by atoms with Crippen LogP contribution >= 0.6 is 0 Å². The molecule has 2 aliphatic rings. The molecule has 0 aromatic rings. The molecule has 14 heavy (non-hydrogen) atoms. The molecule has 0 saturated heterocycles. The standard InChI is InChI=1S/C6H11N2O.C4H4.In/c1-6(9-2)8-4-3-7-5-8;1-3-4-2;/h5-6H,2-4H2,1H3;1-4H;. The summed E-state index contributed by atoms with van der Waals surface area (Å²) in [5.41, 5.74) is 0. The van der Waals surface area contributed by atoms with Crippen molar-refractivity contribution in [1.82, 2.24) is 4.90 Å². The molecule has 4 heteroatoms. The zero-order valence-electron chi connectivity index (χ0n) is 8.47. The van der Waals surface area contributed by atoms with Crippen LogP contribution in [0.4, 0.5) is 0 Å². The van der Waals surface area contributed by atoms with Crippen LogP contribution < -0.4 is 0 Å². The van der Waals surface area contributed by atoms with E-state index >= 15 is 0 Å². The molecule has 2 aliphatic heterocycles. The topological polar surface area (TPSA) is 24.8 Å². The van der Waals surface area contributed by atoms with Gasteiger partial charge in [-0.05, 0) is 0 Å². The van der Waals surface area contributed by atoms with E-state index in [9.17, 15) is 0 Å². The molecule has 1 atom stereocenters.